The molecule has 2 aliphatic heterocycles. The Bertz CT molecular complexity index is 650. The van der Waals surface area contributed by atoms with Gasteiger partial charge in [0.05, 0.1) is 0 Å². The highest BCUT2D eigenvalue weighted by molar-refractivity contribution is 5.85. The first kappa shape index (κ1) is 22.4. The van der Waals surface area contributed by atoms with Crippen molar-refractivity contribution in [3.63, 3.8) is 0 Å². The zero-order valence-electron chi connectivity index (χ0n) is 18.6. The first-order chi connectivity index (χ1) is 15.1. The second-order valence-corrected chi connectivity index (χ2v) is 9.72. The van der Waals surface area contributed by atoms with Crippen molar-refractivity contribution in [2.24, 2.45) is 11.8 Å². The van der Waals surface area contributed by atoms with Crippen LogP contribution in [0.3, 0.4) is 0 Å². The number of likely N-dealkylation sites (tertiary alicyclic amines) is 2. The molecule has 4 rings (SSSR count). The molecule has 0 N–H and O–H groups in total. The number of rotatable bonds is 6. The molecule has 0 radical (unpaired) electrons. The maximum Gasteiger partial charge on any atom is 0.248 e. The molecule has 7 nitrogen and oxygen atoms in total. The van der Waals surface area contributed by atoms with Crippen LogP contribution >= 0.6 is 0 Å². The Morgan fingerprint density at radius 1 is 0.677 bits per heavy atom. The molecule has 2 heterocycles. The van der Waals surface area contributed by atoms with Gasteiger partial charge in [0.2, 0.25) is 11.8 Å². The molecule has 31 heavy (non-hydrogen) atoms. The lowest BCUT2D eigenvalue weighted by atomic mass is 9.82. The van der Waals surface area contributed by atoms with Gasteiger partial charge in [0.25, 0.3) is 0 Å². The van der Waals surface area contributed by atoms with Gasteiger partial charge in [-0.15, -0.1) is 0 Å². The average Bonchev–Trinajstić information content (AvgIpc) is 3.44. The van der Waals surface area contributed by atoms with Crippen molar-refractivity contribution < 1.29 is 23.9 Å². The standard InChI is InChI=1S/C24H36N2O5/c27-21-11-3-1-7-17(21)19-9-5-13-25(19)23(29)15-31-16-24(30)26-14-6-10-20(26)18-8-2-4-12-22(18)28/h17-20H,1-16H2. The van der Waals surface area contributed by atoms with Crippen molar-refractivity contribution in [3.8, 4) is 0 Å². The summed E-state index contributed by atoms with van der Waals surface area (Å²) in [5, 5.41) is 0. The maximum atomic E-state index is 12.8. The van der Waals surface area contributed by atoms with E-state index >= 15 is 0 Å². The minimum absolute atomic E-state index is 0.000113. The van der Waals surface area contributed by atoms with Gasteiger partial charge < -0.3 is 14.5 Å². The summed E-state index contributed by atoms with van der Waals surface area (Å²) in [6.45, 7) is 1.10. The van der Waals surface area contributed by atoms with Crippen molar-refractivity contribution in [1.29, 1.82) is 0 Å². The van der Waals surface area contributed by atoms with Gasteiger partial charge in [-0.2, -0.15) is 0 Å². The summed E-state index contributed by atoms with van der Waals surface area (Å²) in [4.78, 5) is 53.9. The second kappa shape index (κ2) is 10.2. The van der Waals surface area contributed by atoms with Crippen LogP contribution in [0.1, 0.15) is 77.0 Å². The summed E-state index contributed by atoms with van der Waals surface area (Å²) in [5.41, 5.74) is 0. The first-order valence-corrected chi connectivity index (χ1v) is 12.3. The number of amides is 2. The summed E-state index contributed by atoms with van der Waals surface area (Å²) < 4.78 is 5.55. The predicted molar refractivity (Wildman–Crippen MR) is 114 cm³/mol. The normalized spacial score (nSPS) is 32.0. The number of ether oxygens (including phenoxy) is 1. The molecule has 2 saturated heterocycles. The number of carbonyl (C=O) groups excluding carboxylic acids is 4. The van der Waals surface area contributed by atoms with E-state index in [0.717, 1.165) is 64.2 Å². The number of Topliss-reactive ketones (excluding diaryl/α,β-unsaturated/α-hetero) is 2. The van der Waals surface area contributed by atoms with Gasteiger partial charge in [0, 0.05) is 49.9 Å². The zero-order chi connectivity index (χ0) is 21.8. The summed E-state index contributed by atoms with van der Waals surface area (Å²) in [6.07, 6.45) is 10.7. The fraction of sp³-hybridized carbons (Fsp3) is 0.833. The lowest BCUT2D eigenvalue weighted by molar-refractivity contribution is -0.144. The van der Waals surface area contributed by atoms with E-state index in [1.807, 2.05) is 9.80 Å². The van der Waals surface area contributed by atoms with Gasteiger partial charge in [-0.05, 0) is 51.4 Å². The van der Waals surface area contributed by atoms with E-state index in [1.165, 1.54) is 0 Å². The van der Waals surface area contributed by atoms with Crippen LogP contribution in [0.5, 0.6) is 0 Å². The summed E-state index contributed by atoms with van der Waals surface area (Å²) in [7, 11) is 0. The van der Waals surface area contributed by atoms with Crippen LogP contribution < -0.4 is 0 Å². The second-order valence-electron chi connectivity index (χ2n) is 9.72. The largest absolute Gasteiger partial charge is 0.362 e. The Hall–Kier alpha value is -1.76. The van der Waals surface area contributed by atoms with E-state index < -0.39 is 0 Å². The fourth-order valence-corrected chi connectivity index (χ4v) is 6.27. The van der Waals surface area contributed by atoms with E-state index in [-0.39, 0.29) is 48.9 Å². The molecule has 4 unspecified atom stereocenters. The lowest BCUT2D eigenvalue weighted by Crippen LogP contribution is -2.46. The molecule has 4 atom stereocenters. The molecule has 0 aromatic rings. The van der Waals surface area contributed by atoms with Crippen LogP contribution in [-0.4, -0.2) is 71.6 Å². The smallest absolute Gasteiger partial charge is 0.248 e. The number of ketones is 2. The molecule has 2 amide bonds. The third kappa shape index (κ3) is 5.02. The molecule has 4 fully saturated rings. The lowest BCUT2D eigenvalue weighted by Gasteiger charge is -2.33. The number of carbonyl (C=O) groups is 4. The molecule has 0 aromatic carbocycles. The van der Waals surface area contributed by atoms with Crippen LogP contribution in [0.4, 0.5) is 0 Å². The summed E-state index contributed by atoms with van der Waals surface area (Å²) >= 11 is 0. The number of hydrogen-bond donors (Lipinski definition) is 0. The minimum Gasteiger partial charge on any atom is -0.362 e. The van der Waals surface area contributed by atoms with Gasteiger partial charge >= 0.3 is 0 Å². The van der Waals surface area contributed by atoms with Gasteiger partial charge in [-0.1, -0.05) is 12.8 Å². The molecule has 7 heteroatoms. The molecule has 172 valence electrons. The molecule has 0 bridgehead atoms. The topological polar surface area (TPSA) is 84.0 Å². The predicted octanol–water partition coefficient (Wildman–Crippen LogP) is 2.50. The van der Waals surface area contributed by atoms with Crippen LogP contribution in [0, 0.1) is 11.8 Å². The summed E-state index contributed by atoms with van der Waals surface area (Å²) in [6, 6.07) is -0.000226. The van der Waals surface area contributed by atoms with Crippen LogP contribution in [0.25, 0.3) is 0 Å². The Kier molecular flexibility index (Phi) is 7.41. The quantitative estimate of drug-likeness (QED) is 0.644. The zero-order valence-corrected chi connectivity index (χ0v) is 18.6. The highest BCUT2D eigenvalue weighted by atomic mass is 16.5. The Morgan fingerprint density at radius 3 is 1.55 bits per heavy atom. The van der Waals surface area contributed by atoms with Crippen LogP contribution in [-0.2, 0) is 23.9 Å². The van der Waals surface area contributed by atoms with Gasteiger partial charge in [-0.3, -0.25) is 19.2 Å². The van der Waals surface area contributed by atoms with Crippen molar-refractivity contribution in [2.45, 2.75) is 89.1 Å². The molecular formula is C24H36N2O5. The van der Waals surface area contributed by atoms with Crippen molar-refractivity contribution in [3.05, 3.63) is 0 Å². The molecule has 4 aliphatic rings. The van der Waals surface area contributed by atoms with E-state index in [9.17, 15) is 19.2 Å². The van der Waals surface area contributed by atoms with Crippen molar-refractivity contribution >= 4 is 23.4 Å². The van der Waals surface area contributed by atoms with Crippen molar-refractivity contribution in [1.82, 2.24) is 9.80 Å². The Balaban J connectivity index is 1.26. The van der Waals surface area contributed by atoms with E-state index in [1.54, 1.807) is 0 Å². The maximum absolute atomic E-state index is 12.8. The average molecular weight is 433 g/mol. The minimum atomic E-state index is -0.121. The SMILES string of the molecule is O=C1CCCCC1C1CCCN1C(=O)COCC(=O)N1CCCC1C1CCCCC1=O. The molecule has 2 saturated carbocycles. The Labute approximate surface area is 184 Å². The monoisotopic (exact) mass is 432 g/mol. The van der Waals surface area contributed by atoms with Crippen LogP contribution in [0.15, 0.2) is 0 Å². The molecule has 0 aromatic heterocycles. The number of nitrogens with zero attached hydrogens (tertiary/aromatic N) is 2. The third-order valence-electron chi connectivity index (χ3n) is 7.82. The summed E-state index contributed by atoms with van der Waals surface area (Å²) in [5.74, 6) is 0.303. The van der Waals surface area contributed by atoms with Gasteiger partial charge in [0.15, 0.2) is 0 Å². The highest BCUT2D eigenvalue weighted by Crippen LogP contribution is 2.33. The fourth-order valence-electron chi connectivity index (χ4n) is 6.27. The molecule has 2 aliphatic carbocycles. The van der Waals surface area contributed by atoms with E-state index in [4.69, 9.17) is 4.74 Å². The Morgan fingerprint density at radius 2 is 1.13 bits per heavy atom. The molecule has 0 spiro atoms. The number of hydrogen-bond acceptors (Lipinski definition) is 5. The van der Waals surface area contributed by atoms with E-state index in [2.05, 4.69) is 0 Å². The van der Waals surface area contributed by atoms with E-state index in [0.29, 0.717) is 37.5 Å². The van der Waals surface area contributed by atoms with Gasteiger partial charge in [-0.25, -0.2) is 0 Å². The van der Waals surface area contributed by atoms with Gasteiger partial charge in [0.1, 0.15) is 24.8 Å². The third-order valence-corrected chi connectivity index (χ3v) is 7.82. The van der Waals surface area contributed by atoms with Crippen molar-refractivity contribution in [2.75, 3.05) is 26.3 Å². The molecular weight excluding hydrogens is 396 g/mol. The van der Waals surface area contributed by atoms with Crippen LogP contribution in [0.2, 0.25) is 0 Å². The first-order valence-electron chi connectivity index (χ1n) is 12.3. The highest BCUT2D eigenvalue weighted by Gasteiger charge is 2.40.